The summed E-state index contributed by atoms with van der Waals surface area (Å²) >= 11 is 0. The molecule has 0 saturated heterocycles. The largest absolute Gasteiger partial charge is 0.464 e. The lowest BCUT2D eigenvalue weighted by atomic mass is 10.3. The van der Waals surface area contributed by atoms with Crippen LogP contribution < -0.4 is 11.1 Å². The Labute approximate surface area is 87.9 Å². The number of carbonyl (C=O) groups excluding carboxylic acids is 1. The third kappa shape index (κ3) is 3.41. The summed E-state index contributed by atoms with van der Waals surface area (Å²) in [6.07, 6.45) is 2.93. The van der Waals surface area contributed by atoms with Crippen molar-refractivity contribution in [1.82, 2.24) is 9.97 Å². The molecule has 0 aliphatic heterocycles. The summed E-state index contributed by atoms with van der Waals surface area (Å²) in [5.74, 6) is 0.0164. The lowest BCUT2D eigenvalue weighted by Gasteiger charge is -2.11. The third-order valence-electron chi connectivity index (χ3n) is 1.66. The van der Waals surface area contributed by atoms with Crippen LogP contribution in [0.15, 0.2) is 12.4 Å². The minimum Gasteiger partial charge on any atom is -0.464 e. The number of nitrogens with zero attached hydrogens (tertiary/aromatic N) is 2. The highest BCUT2D eigenvalue weighted by molar-refractivity contribution is 5.78. The Balaban J connectivity index is 2.54. The van der Waals surface area contributed by atoms with Crippen LogP contribution in [0, 0.1) is 0 Å². The number of nitrogens with one attached hydrogen (secondary N) is 1. The molecule has 0 fully saturated rings. The fourth-order valence-electron chi connectivity index (χ4n) is 0.932. The second kappa shape index (κ2) is 5.14. The zero-order valence-electron chi connectivity index (χ0n) is 8.73. The molecule has 1 heterocycles. The number of esters is 1. The Morgan fingerprint density at radius 3 is 2.73 bits per heavy atom. The zero-order chi connectivity index (χ0) is 11.3. The van der Waals surface area contributed by atoms with Crippen molar-refractivity contribution < 1.29 is 9.53 Å². The van der Waals surface area contributed by atoms with Crippen LogP contribution in [-0.4, -0.2) is 28.6 Å². The number of rotatable bonds is 4. The van der Waals surface area contributed by atoms with Crippen LogP contribution in [0.25, 0.3) is 0 Å². The van der Waals surface area contributed by atoms with E-state index in [0.29, 0.717) is 18.2 Å². The van der Waals surface area contributed by atoms with Crippen LogP contribution >= 0.6 is 0 Å². The van der Waals surface area contributed by atoms with Gasteiger partial charge >= 0.3 is 5.97 Å². The molecule has 6 heteroatoms. The summed E-state index contributed by atoms with van der Waals surface area (Å²) in [6, 6.07) is -0.478. The smallest absolute Gasteiger partial charge is 0.328 e. The van der Waals surface area contributed by atoms with Gasteiger partial charge in [-0.05, 0) is 13.8 Å². The van der Waals surface area contributed by atoms with Crippen molar-refractivity contribution in [2.45, 2.75) is 19.9 Å². The van der Waals surface area contributed by atoms with Crippen molar-refractivity contribution in [1.29, 1.82) is 0 Å². The number of nitrogen functional groups attached to an aromatic ring is 1. The molecule has 6 nitrogen and oxygen atoms in total. The predicted octanol–water partition coefficient (Wildman–Crippen LogP) is 0.422. The van der Waals surface area contributed by atoms with Crippen LogP contribution in [0.4, 0.5) is 11.6 Å². The van der Waals surface area contributed by atoms with Gasteiger partial charge in [-0.3, -0.25) is 0 Å². The summed E-state index contributed by atoms with van der Waals surface area (Å²) in [5, 5.41) is 2.80. The minimum atomic E-state index is -0.478. The van der Waals surface area contributed by atoms with Gasteiger partial charge in [-0.15, -0.1) is 0 Å². The standard InChI is InChI=1S/C9H14N4O2/c1-3-15-8(14)6(2)13-9-11-4-7(10)5-12-9/h4-6H,3,10H2,1-2H3,(H,11,12,13). The van der Waals surface area contributed by atoms with Gasteiger partial charge in [0.1, 0.15) is 6.04 Å². The van der Waals surface area contributed by atoms with E-state index in [1.54, 1.807) is 13.8 Å². The highest BCUT2D eigenvalue weighted by Gasteiger charge is 2.14. The first-order valence-electron chi connectivity index (χ1n) is 4.64. The molecular weight excluding hydrogens is 196 g/mol. The van der Waals surface area contributed by atoms with Crippen molar-refractivity contribution in [2.24, 2.45) is 0 Å². The third-order valence-corrected chi connectivity index (χ3v) is 1.66. The summed E-state index contributed by atoms with van der Waals surface area (Å²) < 4.78 is 4.82. The number of hydrogen-bond donors (Lipinski definition) is 2. The first-order valence-corrected chi connectivity index (χ1v) is 4.64. The molecule has 0 aliphatic rings. The SMILES string of the molecule is CCOC(=O)C(C)Nc1ncc(N)cn1. The molecule has 0 aliphatic carbocycles. The van der Waals surface area contributed by atoms with Crippen molar-refractivity contribution in [3.63, 3.8) is 0 Å². The molecule has 1 atom stereocenters. The van der Waals surface area contributed by atoms with Gasteiger partial charge in [0.25, 0.3) is 0 Å². The molecule has 0 saturated carbocycles. The Bertz CT molecular complexity index is 325. The van der Waals surface area contributed by atoms with E-state index in [1.807, 2.05) is 0 Å². The van der Waals surface area contributed by atoms with E-state index in [1.165, 1.54) is 12.4 Å². The number of ether oxygens (including phenoxy) is 1. The molecule has 82 valence electrons. The van der Waals surface area contributed by atoms with Crippen LogP contribution in [0.2, 0.25) is 0 Å². The summed E-state index contributed by atoms with van der Waals surface area (Å²) in [4.78, 5) is 19.1. The second-order valence-electron chi connectivity index (χ2n) is 2.96. The van der Waals surface area contributed by atoms with Crippen molar-refractivity contribution in [3.8, 4) is 0 Å². The topological polar surface area (TPSA) is 90.1 Å². The normalized spacial score (nSPS) is 11.9. The van der Waals surface area contributed by atoms with Crippen molar-refractivity contribution in [3.05, 3.63) is 12.4 Å². The first kappa shape index (κ1) is 11.2. The summed E-state index contributed by atoms with van der Waals surface area (Å²) in [6.45, 7) is 3.79. The molecule has 1 unspecified atom stereocenters. The Kier molecular flexibility index (Phi) is 3.84. The molecular formula is C9H14N4O2. The Morgan fingerprint density at radius 1 is 1.60 bits per heavy atom. The Morgan fingerprint density at radius 2 is 2.20 bits per heavy atom. The van der Waals surface area contributed by atoms with Gasteiger partial charge < -0.3 is 15.8 Å². The summed E-state index contributed by atoms with van der Waals surface area (Å²) in [7, 11) is 0. The number of nitrogens with two attached hydrogens (primary N) is 1. The molecule has 3 N–H and O–H groups in total. The first-order chi connectivity index (χ1) is 7.13. The maximum Gasteiger partial charge on any atom is 0.328 e. The van der Waals surface area contributed by atoms with E-state index in [2.05, 4.69) is 15.3 Å². The van der Waals surface area contributed by atoms with Crippen LogP contribution in [-0.2, 0) is 9.53 Å². The maximum absolute atomic E-state index is 11.2. The molecule has 1 aromatic heterocycles. The average molecular weight is 210 g/mol. The molecule has 15 heavy (non-hydrogen) atoms. The predicted molar refractivity (Wildman–Crippen MR) is 56.2 cm³/mol. The van der Waals surface area contributed by atoms with Gasteiger partial charge in [0.2, 0.25) is 5.95 Å². The van der Waals surface area contributed by atoms with Crippen LogP contribution in [0.3, 0.4) is 0 Å². The van der Waals surface area contributed by atoms with Gasteiger partial charge in [-0.1, -0.05) is 0 Å². The number of carbonyl (C=O) groups is 1. The van der Waals surface area contributed by atoms with E-state index in [0.717, 1.165) is 0 Å². The maximum atomic E-state index is 11.2. The highest BCUT2D eigenvalue weighted by Crippen LogP contribution is 2.03. The van der Waals surface area contributed by atoms with E-state index >= 15 is 0 Å². The average Bonchev–Trinajstić information content (AvgIpc) is 2.22. The quantitative estimate of drug-likeness (QED) is 0.700. The molecule has 1 aromatic rings. The number of hydrogen-bond acceptors (Lipinski definition) is 6. The van der Waals surface area contributed by atoms with E-state index in [9.17, 15) is 4.79 Å². The summed E-state index contributed by atoms with van der Waals surface area (Å²) in [5.41, 5.74) is 5.90. The monoisotopic (exact) mass is 210 g/mol. The van der Waals surface area contributed by atoms with Gasteiger partial charge in [-0.25, -0.2) is 14.8 Å². The van der Waals surface area contributed by atoms with Crippen molar-refractivity contribution >= 4 is 17.6 Å². The van der Waals surface area contributed by atoms with E-state index < -0.39 is 6.04 Å². The molecule has 0 amide bonds. The molecule has 0 radical (unpaired) electrons. The fraction of sp³-hybridized carbons (Fsp3) is 0.444. The lowest BCUT2D eigenvalue weighted by Crippen LogP contribution is -2.29. The number of anilines is 2. The molecule has 0 bridgehead atoms. The van der Waals surface area contributed by atoms with Gasteiger partial charge in [-0.2, -0.15) is 0 Å². The van der Waals surface area contributed by atoms with Crippen molar-refractivity contribution in [2.75, 3.05) is 17.7 Å². The van der Waals surface area contributed by atoms with Crippen LogP contribution in [0.1, 0.15) is 13.8 Å². The van der Waals surface area contributed by atoms with Crippen LogP contribution in [0.5, 0.6) is 0 Å². The van der Waals surface area contributed by atoms with Gasteiger partial charge in [0.15, 0.2) is 0 Å². The Hall–Kier alpha value is -1.85. The molecule has 0 aromatic carbocycles. The minimum absolute atomic E-state index is 0.335. The molecule has 0 spiro atoms. The van der Waals surface area contributed by atoms with E-state index in [4.69, 9.17) is 10.5 Å². The lowest BCUT2D eigenvalue weighted by molar-refractivity contribution is -0.143. The second-order valence-corrected chi connectivity index (χ2v) is 2.96. The zero-order valence-corrected chi connectivity index (χ0v) is 8.73. The fourth-order valence-corrected chi connectivity index (χ4v) is 0.932. The number of aromatic nitrogens is 2. The van der Waals surface area contributed by atoms with Gasteiger partial charge in [0, 0.05) is 0 Å². The van der Waals surface area contributed by atoms with Gasteiger partial charge in [0.05, 0.1) is 24.7 Å². The highest BCUT2D eigenvalue weighted by atomic mass is 16.5. The van der Waals surface area contributed by atoms with E-state index in [-0.39, 0.29) is 5.97 Å². The molecule has 1 rings (SSSR count).